The number of aromatic nitrogens is 2. The van der Waals surface area contributed by atoms with Crippen LogP contribution in [0.3, 0.4) is 0 Å². The lowest BCUT2D eigenvalue weighted by Crippen LogP contribution is -2.49. The van der Waals surface area contributed by atoms with E-state index >= 15 is 0 Å². The van der Waals surface area contributed by atoms with E-state index in [1.807, 2.05) is 47.7 Å². The first-order valence-corrected chi connectivity index (χ1v) is 12.5. The van der Waals surface area contributed by atoms with Crippen LogP contribution in [0.5, 0.6) is 5.75 Å². The van der Waals surface area contributed by atoms with Crippen LogP contribution in [-0.4, -0.2) is 73.8 Å². The van der Waals surface area contributed by atoms with Crippen LogP contribution in [0.4, 0.5) is 5.69 Å². The number of piperazine rings is 1. The Morgan fingerprint density at radius 2 is 1.87 bits per heavy atom. The number of ether oxygens (including phenoxy) is 1. The normalized spacial score (nSPS) is 20.8. The number of sulfone groups is 1. The molecule has 8 nitrogen and oxygen atoms in total. The number of benzene rings is 1. The zero-order valence-electron chi connectivity index (χ0n) is 18.4. The molecule has 2 saturated heterocycles. The highest BCUT2D eigenvalue weighted by molar-refractivity contribution is 7.91. The van der Waals surface area contributed by atoms with E-state index < -0.39 is 9.84 Å². The van der Waals surface area contributed by atoms with Gasteiger partial charge in [0, 0.05) is 37.4 Å². The van der Waals surface area contributed by atoms with Gasteiger partial charge >= 0.3 is 0 Å². The van der Waals surface area contributed by atoms with Crippen LogP contribution >= 0.6 is 0 Å². The Bertz CT molecular complexity index is 1070. The molecular weight excluding hydrogens is 416 g/mol. The van der Waals surface area contributed by atoms with Crippen molar-refractivity contribution in [2.45, 2.75) is 32.7 Å². The predicted octanol–water partition coefficient (Wildman–Crippen LogP) is 1.76. The van der Waals surface area contributed by atoms with Gasteiger partial charge in [-0.05, 0) is 32.4 Å². The molecule has 0 aliphatic carbocycles. The number of hydrogen-bond donors (Lipinski definition) is 0. The molecule has 1 atom stereocenters. The molecule has 2 aliphatic heterocycles. The molecule has 1 aromatic carbocycles. The minimum atomic E-state index is -2.99. The van der Waals surface area contributed by atoms with Gasteiger partial charge in [0.2, 0.25) is 5.91 Å². The zero-order valence-corrected chi connectivity index (χ0v) is 19.2. The molecule has 2 fully saturated rings. The molecule has 9 heteroatoms. The quantitative estimate of drug-likeness (QED) is 0.696. The average Bonchev–Trinajstić information content (AvgIpc) is 3.27. The molecule has 1 aromatic heterocycles. The summed E-state index contributed by atoms with van der Waals surface area (Å²) in [6.45, 7) is 6.66. The van der Waals surface area contributed by atoms with Gasteiger partial charge < -0.3 is 14.5 Å². The van der Waals surface area contributed by atoms with Crippen LogP contribution in [0.25, 0.3) is 0 Å². The fourth-order valence-electron chi connectivity index (χ4n) is 4.63. The SMILES string of the molecule is COc1ccccc1N1CCN(C(=O)Cc2c(C)nn(C3CCS(=O)(=O)C3)c2C)CC1. The van der Waals surface area contributed by atoms with Crippen molar-refractivity contribution in [2.24, 2.45) is 0 Å². The van der Waals surface area contributed by atoms with Crippen molar-refractivity contribution in [1.82, 2.24) is 14.7 Å². The van der Waals surface area contributed by atoms with Crippen molar-refractivity contribution in [3.05, 3.63) is 41.2 Å². The minimum absolute atomic E-state index is 0.0875. The lowest BCUT2D eigenvalue weighted by atomic mass is 10.1. The summed E-state index contributed by atoms with van der Waals surface area (Å²) in [5.74, 6) is 1.27. The molecule has 0 N–H and O–H groups in total. The Balaban J connectivity index is 1.41. The van der Waals surface area contributed by atoms with Gasteiger partial charge in [-0.1, -0.05) is 12.1 Å². The fourth-order valence-corrected chi connectivity index (χ4v) is 6.32. The second-order valence-corrected chi connectivity index (χ2v) is 10.6. The summed E-state index contributed by atoms with van der Waals surface area (Å²) in [7, 11) is -1.32. The molecule has 1 unspecified atom stereocenters. The van der Waals surface area contributed by atoms with Crippen LogP contribution < -0.4 is 9.64 Å². The predicted molar refractivity (Wildman–Crippen MR) is 119 cm³/mol. The summed E-state index contributed by atoms with van der Waals surface area (Å²) in [5, 5.41) is 4.59. The van der Waals surface area contributed by atoms with Gasteiger partial charge in [0.1, 0.15) is 5.75 Å². The van der Waals surface area contributed by atoms with Crippen molar-refractivity contribution >= 4 is 21.4 Å². The van der Waals surface area contributed by atoms with E-state index in [1.165, 1.54) is 0 Å². The summed E-state index contributed by atoms with van der Waals surface area (Å²) >= 11 is 0. The number of nitrogens with zero attached hydrogens (tertiary/aromatic N) is 4. The molecule has 31 heavy (non-hydrogen) atoms. The highest BCUT2D eigenvalue weighted by atomic mass is 32.2. The Hall–Kier alpha value is -2.55. The van der Waals surface area contributed by atoms with Crippen molar-refractivity contribution in [3.63, 3.8) is 0 Å². The lowest BCUT2D eigenvalue weighted by molar-refractivity contribution is -0.130. The van der Waals surface area contributed by atoms with E-state index in [0.29, 0.717) is 25.9 Å². The zero-order chi connectivity index (χ0) is 22.2. The standard InChI is InChI=1S/C22H30N4O4S/c1-16-19(17(2)26(23-16)18-8-13-31(28,29)15-18)14-22(27)25-11-9-24(10-12-25)20-6-4-5-7-21(20)30-3/h4-7,18H,8-15H2,1-3H3. The number of methoxy groups -OCH3 is 1. The van der Waals surface area contributed by atoms with E-state index in [4.69, 9.17) is 4.74 Å². The highest BCUT2D eigenvalue weighted by Gasteiger charge is 2.32. The van der Waals surface area contributed by atoms with Crippen molar-refractivity contribution in [2.75, 3.05) is 49.7 Å². The van der Waals surface area contributed by atoms with Crippen LogP contribution in [0.2, 0.25) is 0 Å². The van der Waals surface area contributed by atoms with E-state index in [-0.39, 0.29) is 23.5 Å². The highest BCUT2D eigenvalue weighted by Crippen LogP contribution is 2.29. The molecule has 2 aromatic rings. The molecule has 0 spiro atoms. The molecule has 0 bridgehead atoms. The third-order valence-corrected chi connectivity index (χ3v) is 8.17. The largest absolute Gasteiger partial charge is 0.495 e. The van der Waals surface area contributed by atoms with Gasteiger partial charge in [0.15, 0.2) is 9.84 Å². The summed E-state index contributed by atoms with van der Waals surface area (Å²) in [4.78, 5) is 17.2. The van der Waals surface area contributed by atoms with Gasteiger partial charge in [-0.3, -0.25) is 9.48 Å². The van der Waals surface area contributed by atoms with Crippen LogP contribution in [0.1, 0.15) is 29.4 Å². The first-order chi connectivity index (χ1) is 14.8. The fraction of sp³-hybridized carbons (Fsp3) is 0.545. The lowest BCUT2D eigenvalue weighted by Gasteiger charge is -2.36. The molecule has 1 amide bonds. The third kappa shape index (κ3) is 4.42. The van der Waals surface area contributed by atoms with Crippen LogP contribution in [0.15, 0.2) is 24.3 Å². The maximum Gasteiger partial charge on any atom is 0.227 e. The van der Waals surface area contributed by atoms with Crippen molar-refractivity contribution < 1.29 is 17.9 Å². The van der Waals surface area contributed by atoms with E-state index in [2.05, 4.69) is 10.00 Å². The second-order valence-electron chi connectivity index (χ2n) is 8.37. The number of carbonyl (C=O) groups excluding carboxylic acids is 1. The molecule has 4 rings (SSSR count). The van der Waals surface area contributed by atoms with Crippen LogP contribution in [0, 0.1) is 13.8 Å². The summed E-state index contributed by atoms with van der Waals surface area (Å²) < 4.78 is 31.0. The second kappa shape index (κ2) is 8.53. The van der Waals surface area contributed by atoms with Crippen molar-refractivity contribution in [3.8, 4) is 5.75 Å². The summed E-state index contributed by atoms with van der Waals surface area (Å²) in [6.07, 6.45) is 0.883. The number of anilines is 1. The summed E-state index contributed by atoms with van der Waals surface area (Å²) in [5.41, 5.74) is 3.68. The topological polar surface area (TPSA) is 84.7 Å². The smallest absolute Gasteiger partial charge is 0.227 e. The van der Waals surface area contributed by atoms with Gasteiger partial charge in [-0.15, -0.1) is 0 Å². The van der Waals surface area contributed by atoms with Gasteiger partial charge in [-0.25, -0.2) is 8.42 Å². The number of carbonyl (C=O) groups is 1. The number of amides is 1. The Morgan fingerprint density at radius 1 is 1.16 bits per heavy atom. The van der Waals surface area contributed by atoms with Crippen LogP contribution in [-0.2, 0) is 21.1 Å². The third-order valence-electron chi connectivity index (χ3n) is 6.42. The number of para-hydroxylation sites is 2. The monoisotopic (exact) mass is 446 g/mol. The molecular formula is C22H30N4O4S. The number of aryl methyl sites for hydroxylation is 1. The van der Waals surface area contributed by atoms with Gasteiger partial charge in [0.05, 0.1) is 42.5 Å². The Kier molecular flexibility index (Phi) is 5.96. The molecule has 0 radical (unpaired) electrons. The molecule has 168 valence electrons. The minimum Gasteiger partial charge on any atom is -0.495 e. The maximum absolute atomic E-state index is 13.0. The molecule has 2 aliphatic rings. The van der Waals surface area contributed by atoms with Gasteiger partial charge in [0.25, 0.3) is 0 Å². The first kappa shape index (κ1) is 21.7. The van der Waals surface area contributed by atoms with Crippen molar-refractivity contribution in [1.29, 1.82) is 0 Å². The first-order valence-electron chi connectivity index (χ1n) is 10.7. The number of hydrogen-bond acceptors (Lipinski definition) is 6. The maximum atomic E-state index is 13.0. The Labute approximate surface area is 183 Å². The average molecular weight is 447 g/mol. The Morgan fingerprint density at radius 3 is 2.52 bits per heavy atom. The molecule has 3 heterocycles. The van der Waals surface area contributed by atoms with E-state index in [9.17, 15) is 13.2 Å². The van der Waals surface area contributed by atoms with E-state index in [0.717, 1.165) is 41.5 Å². The van der Waals surface area contributed by atoms with Gasteiger partial charge in [-0.2, -0.15) is 5.10 Å². The van der Waals surface area contributed by atoms with E-state index in [1.54, 1.807) is 7.11 Å². The molecule has 0 saturated carbocycles. The number of rotatable bonds is 5. The summed E-state index contributed by atoms with van der Waals surface area (Å²) in [6, 6.07) is 7.81.